The molecule has 0 saturated heterocycles. The topological polar surface area (TPSA) is 102 Å². The number of benzene rings is 1. The van der Waals surface area contributed by atoms with Crippen LogP contribution < -0.4 is 5.43 Å². The zero-order valence-corrected chi connectivity index (χ0v) is 12.0. The van der Waals surface area contributed by atoms with Gasteiger partial charge in [0.2, 0.25) is 0 Å². The van der Waals surface area contributed by atoms with Crippen molar-refractivity contribution in [1.82, 2.24) is 5.43 Å². The summed E-state index contributed by atoms with van der Waals surface area (Å²) in [5.74, 6) is -2.42. The predicted molar refractivity (Wildman–Crippen MR) is 80.2 cm³/mol. The summed E-state index contributed by atoms with van der Waals surface area (Å²) >= 11 is 1.57. The Bertz CT molecular complexity index is 671. The van der Waals surface area contributed by atoms with E-state index in [2.05, 4.69) is 17.5 Å². The highest BCUT2D eigenvalue weighted by Crippen LogP contribution is 2.35. The first-order valence-electron chi connectivity index (χ1n) is 6.18. The van der Waals surface area contributed by atoms with E-state index < -0.39 is 23.2 Å². The Labute approximate surface area is 125 Å². The Balaban J connectivity index is 2.04. The molecule has 6 nitrogen and oxygen atoms in total. The number of hydrogen-bond donors (Lipinski definition) is 4. The van der Waals surface area contributed by atoms with Crippen molar-refractivity contribution < 1.29 is 20.1 Å². The minimum absolute atomic E-state index is 0.0135. The third-order valence-electron chi connectivity index (χ3n) is 2.72. The van der Waals surface area contributed by atoms with Crippen molar-refractivity contribution in [3.8, 4) is 17.2 Å². The van der Waals surface area contributed by atoms with Gasteiger partial charge in [0.1, 0.15) is 0 Å². The van der Waals surface area contributed by atoms with Crippen LogP contribution in [0.1, 0.15) is 27.0 Å². The van der Waals surface area contributed by atoms with E-state index in [1.54, 1.807) is 11.3 Å². The van der Waals surface area contributed by atoms with Gasteiger partial charge in [-0.3, -0.25) is 4.79 Å². The Hall–Kier alpha value is -2.54. The number of hydrogen-bond acceptors (Lipinski definition) is 6. The number of phenolic OH excluding ortho intramolecular Hbond substituents is 3. The number of carbonyl (C=O) groups is 1. The molecule has 7 heteroatoms. The molecule has 110 valence electrons. The molecule has 0 aliphatic carbocycles. The molecular weight excluding hydrogens is 292 g/mol. The van der Waals surface area contributed by atoms with E-state index in [1.807, 2.05) is 12.1 Å². The van der Waals surface area contributed by atoms with Crippen LogP contribution in [0.2, 0.25) is 0 Å². The molecule has 0 aliphatic heterocycles. The van der Waals surface area contributed by atoms with Crippen LogP contribution in [0.15, 0.2) is 29.4 Å². The summed E-state index contributed by atoms with van der Waals surface area (Å²) in [6.45, 7) is 2.05. The third-order valence-corrected chi connectivity index (χ3v) is 3.88. The summed E-state index contributed by atoms with van der Waals surface area (Å²) in [5, 5.41) is 31.7. The lowest BCUT2D eigenvalue weighted by atomic mass is 10.2. The number of aryl methyl sites for hydroxylation is 1. The van der Waals surface area contributed by atoms with E-state index in [9.17, 15) is 20.1 Å². The maximum atomic E-state index is 11.8. The zero-order chi connectivity index (χ0) is 15.4. The third kappa shape index (κ3) is 3.51. The second-order valence-electron chi connectivity index (χ2n) is 4.22. The molecule has 1 aromatic heterocycles. The Kier molecular flexibility index (Phi) is 4.44. The molecule has 21 heavy (non-hydrogen) atoms. The molecule has 1 heterocycles. The van der Waals surface area contributed by atoms with E-state index in [-0.39, 0.29) is 5.56 Å². The van der Waals surface area contributed by atoms with Crippen molar-refractivity contribution in [2.24, 2.45) is 5.10 Å². The summed E-state index contributed by atoms with van der Waals surface area (Å²) in [6, 6.07) is 5.97. The van der Waals surface area contributed by atoms with Gasteiger partial charge in [-0.25, -0.2) is 5.43 Å². The molecule has 4 N–H and O–H groups in total. The quantitative estimate of drug-likeness (QED) is 0.395. The van der Waals surface area contributed by atoms with Gasteiger partial charge in [0.25, 0.3) is 5.91 Å². The average Bonchev–Trinajstić information content (AvgIpc) is 2.92. The molecule has 2 rings (SSSR count). The summed E-state index contributed by atoms with van der Waals surface area (Å²) in [7, 11) is 0. The highest BCUT2D eigenvalue weighted by atomic mass is 32.1. The fourth-order valence-corrected chi connectivity index (χ4v) is 2.43. The van der Waals surface area contributed by atoms with Gasteiger partial charge in [0.15, 0.2) is 17.2 Å². The summed E-state index contributed by atoms with van der Waals surface area (Å²) in [6.07, 6.45) is 2.46. The number of phenols is 3. The van der Waals surface area contributed by atoms with Gasteiger partial charge in [0, 0.05) is 15.3 Å². The number of hydrazone groups is 1. The fourth-order valence-electron chi connectivity index (χ4n) is 1.61. The lowest BCUT2D eigenvalue weighted by Gasteiger charge is -2.04. The van der Waals surface area contributed by atoms with Crippen LogP contribution in [0.5, 0.6) is 17.2 Å². The average molecular weight is 306 g/mol. The molecule has 0 aliphatic rings. The first kappa shape index (κ1) is 14.9. The second kappa shape index (κ2) is 6.27. The number of carbonyl (C=O) groups excluding carboxylic acids is 1. The number of nitrogens with one attached hydrogen (secondary N) is 1. The Morgan fingerprint density at radius 1 is 1.29 bits per heavy atom. The van der Waals surface area contributed by atoms with Crippen LogP contribution in [-0.2, 0) is 6.42 Å². The normalized spacial score (nSPS) is 10.9. The number of nitrogens with zero attached hydrogens (tertiary/aromatic N) is 1. The molecule has 0 unspecified atom stereocenters. The molecule has 0 radical (unpaired) electrons. The zero-order valence-electron chi connectivity index (χ0n) is 11.2. The minimum atomic E-state index is -0.666. The van der Waals surface area contributed by atoms with E-state index in [4.69, 9.17) is 0 Å². The Morgan fingerprint density at radius 3 is 2.52 bits per heavy atom. The highest BCUT2D eigenvalue weighted by molar-refractivity contribution is 7.13. The van der Waals surface area contributed by atoms with Crippen LogP contribution in [0.25, 0.3) is 0 Å². The number of rotatable bonds is 4. The van der Waals surface area contributed by atoms with Crippen molar-refractivity contribution in [2.75, 3.05) is 0 Å². The van der Waals surface area contributed by atoms with Gasteiger partial charge >= 0.3 is 0 Å². The molecule has 1 amide bonds. The fraction of sp³-hybridized carbons (Fsp3) is 0.143. The van der Waals surface area contributed by atoms with Crippen molar-refractivity contribution in [3.05, 3.63) is 39.6 Å². The molecule has 0 fully saturated rings. The van der Waals surface area contributed by atoms with E-state index in [0.717, 1.165) is 23.4 Å². The first-order chi connectivity index (χ1) is 10.0. The second-order valence-corrected chi connectivity index (χ2v) is 5.42. The maximum absolute atomic E-state index is 11.8. The monoisotopic (exact) mass is 306 g/mol. The lowest BCUT2D eigenvalue weighted by Crippen LogP contribution is -2.17. The molecular formula is C14H14N2O4S. The predicted octanol–water partition coefficient (Wildman–Crippen LogP) is 2.19. The van der Waals surface area contributed by atoms with Gasteiger partial charge < -0.3 is 15.3 Å². The van der Waals surface area contributed by atoms with Crippen LogP contribution in [0, 0.1) is 0 Å². The minimum Gasteiger partial charge on any atom is -0.504 e. The standard InChI is InChI=1S/C14H14N2O4S/c1-2-9-3-4-10(21-9)7-15-16-14(20)8-5-11(17)13(19)12(18)6-8/h3-7,17-19H,2H2,1H3,(H,16,20)/b15-7+. The van der Waals surface area contributed by atoms with Crippen LogP contribution in [0.4, 0.5) is 0 Å². The van der Waals surface area contributed by atoms with Gasteiger partial charge in [-0.2, -0.15) is 5.10 Å². The Morgan fingerprint density at radius 2 is 1.95 bits per heavy atom. The molecule has 1 aromatic carbocycles. The van der Waals surface area contributed by atoms with Crippen LogP contribution in [-0.4, -0.2) is 27.4 Å². The molecule has 0 spiro atoms. The van der Waals surface area contributed by atoms with Crippen LogP contribution >= 0.6 is 11.3 Å². The first-order valence-corrected chi connectivity index (χ1v) is 7.00. The molecule has 0 bridgehead atoms. The van der Waals surface area contributed by atoms with Gasteiger partial charge in [-0.05, 0) is 30.7 Å². The van der Waals surface area contributed by atoms with Crippen molar-refractivity contribution in [1.29, 1.82) is 0 Å². The smallest absolute Gasteiger partial charge is 0.271 e. The van der Waals surface area contributed by atoms with Gasteiger partial charge in [-0.1, -0.05) is 6.92 Å². The van der Waals surface area contributed by atoms with Gasteiger partial charge in [-0.15, -0.1) is 11.3 Å². The summed E-state index contributed by atoms with van der Waals surface area (Å²) < 4.78 is 0. The van der Waals surface area contributed by atoms with Crippen molar-refractivity contribution in [3.63, 3.8) is 0 Å². The van der Waals surface area contributed by atoms with Crippen molar-refractivity contribution in [2.45, 2.75) is 13.3 Å². The SMILES string of the molecule is CCc1ccc(/C=N/NC(=O)c2cc(O)c(O)c(O)c2)s1. The molecule has 0 atom stereocenters. The van der Waals surface area contributed by atoms with E-state index in [1.165, 1.54) is 11.1 Å². The molecule has 0 saturated carbocycles. The van der Waals surface area contributed by atoms with Crippen molar-refractivity contribution >= 4 is 23.5 Å². The van der Waals surface area contributed by atoms with Crippen LogP contribution in [0.3, 0.4) is 0 Å². The number of amides is 1. The highest BCUT2D eigenvalue weighted by Gasteiger charge is 2.12. The maximum Gasteiger partial charge on any atom is 0.271 e. The molecule has 2 aromatic rings. The largest absolute Gasteiger partial charge is 0.504 e. The van der Waals surface area contributed by atoms with Gasteiger partial charge in [0.05, 0.1) is 6.21 Å². The summed E-state index contributed by atoms with van der Waals surface area (Å²) in [4.78, 5) is 13.9. The lowest BCUT2D eigenvalue weighted by molar-refractivity contribution is 0.0954. The van der Waals surface area contributed by atoms with E-state index >= 15 is 0 Å². The number of aromatic hydroxyl groups is 3. The number of thiophene rings is 1. The van der Waals surface area contributed by atoms with E-state index in [0.29, 0.717) is 0 Å². The summed E-state index contributed by atoms with van der Waals surface area (Å²) in [5.41, 5.74) is 2.27.